The van der Waals surface area contributed by atoms with Gasteiger partial charge in [0, 0.05) is 32.7 Å². The molecule has 118 valence electrons. The van der Waals surface area contributed by atoms with Gasteiger partial charge in [-0.25, -0.2) is 0 Å². The summed E-state index contributed by atoms with van der Waals surface area (Å²) in [6, 6.07) is 0. The van der Waals surface area contributed by atoms with Crippen LogP contribution in [0.15, 0.2) is 0 Å². The summed E-state index contributed by atoms with van der Waals surface area (Å²) < 4.78 is 5.41. The number of hydrogen-bond acceptors (Lipinski definition) is 4. The lowest BCUT2D eigenvalue weighted by molar-refractivity contribution is 0.0308. The summed E-state index contributed by atoms with van der Waals surface area (Å²) in [6.45, 7) is 16.0. The normalized spacial score (nSPS) is 26.2. The molecular formula is C16H33N3O. The average molecular weight is 283 g/mol. The van der Waals surface area contributed by atoms with Crippen molar-refractivity contribution in [2.24, 2.45) is 11.8 Å². The number of piperidine rings is 1. The molecule has 1 N–H and O–H groups in total. The Balaban J connectivity index is 1.60. The molecule has 0 aliphatic carbocycles. The fourth-order valence-electron chi connectivity index (χ4n) is 3.20. The minimum Gasteiger partial charge on any atom is -0.379 e. The highest BCUT2D eigenvalue weighted by atomic mass is 16.5. The van der Waals surface area contributed by atoms with E-state index in [4.69, 9.17) is 4.74 Å². The van der Waals surface area contributed by atoms with Crippen LogP contribution >= 0.6 is 0 Å². The highest BCUT2D eigenvalue weighted by molar-refractivity contribution is 4.76. The Morgan fingerprint density at radius 2 is 1.85 bits per heavy atom. The van der Waals surface area contributed by atoms with Crippen molar-refractivity contribution in [3.8, 4) is 0 Å². The van der Waals surface area contributed by atoms with Gasteiger partial charge in [-0.3, -0.25) is 4.90 Å². The Hall–Kier alpha value is -0.160. The average Bonchev–Trinajstić information content (AvgIpc) is 2.46. The van der Waals surface area contributed by atoms with Gasteiger partial charge in [0.05, 0.1) is 13.2 Å². The van der Waals surface area contributed by atoms with Gasteiger partial charge < -0.3 is 15.0 Å². The number of hydrogen-bond donors (Lipinski definition) is 1. The summed E-state index contributed by atoms with van der Waals surface area (Å²) in [4.78, 5) is 5.21. The van der Waals surface area contributed by atoms with E-state index in [0.29, 0.717) is 0 Å². The molecule has 4 nitrogen and oxygen atoms in total. The number of nitrogens with one attached hydrogen (secondary N) is 1. The van der Waals surface area contributed by atoms with Crippen molar-refractivity contribution in [2.75, 3.05) is 65.6 Å². The summed E-state index contributed by atoms with van der Waals surface area (Å²) in [5, 5.41) is 3.63. The molecule has 0 aromatic heterocycles. The molecule has 2 rings (SSSR count). The molecule has 0 bridgehead atoms. The van der Waals surface area contributed by atoms with Crippen molar-refractivity contribution < 1.29 is 4.74 Å². The van der Waals surface area contributed by atoms with Crippen molar-refractivity contribution in [1.82, 2.24) is 15.1 Å². The number of ether oxygens (including phenoxy) is 1. The SMILES string of the molecule is CC(C)CNCC1CCCN(CCN2CCOCC2)C1. The molecule has 4 heteroatoms. The lowest BCUT2D eigenvalue weighted by Gasteiger charge is -2.35. The smallest absolute Gasteiger partial charge is 0.0594 e. The van der Waals surface area contributed by atoms with Crippen LogP contribution in [0.4, 0.5) is 0 Å². The van der Waals surface area contributed by atoms with E-state index in [1.165, 1.54) is 45.6 Å². The number of rotatable bonds is 7. The van der Waals surface area contributed by atoms with Gasteiger partial charge in [-0.05, 0) is 44.3 Å². The molecule has 0 radical (unpaired) electrons. The second-order valence-corrected chi connectivity index (χ2v) is 6.81. The van der Waals surface area contributed by atoms with Crippen LogP contribution in [0.5, 0.6) is 0 Å². The van der Waals surface area contributed by atoms with Crippen LogP contribution in [-0.2, 0) is 4.74 Å². The predicted octanol–water partition coefficient (Wildman–Crippen LogP) is 1.28. The third-order valence-corrected chi connectivity index (χ3v) is 4.42. The first-order valence-electron chi connectivity index (χ1n) is 8.47. The van der Waals surface area contributed by atoms with E-state index >= 15 is 0 Å². The highest BCUT2D eigenvalue weighted by Gasteiger charge is 2.20. The molecule has 2 heterocycles. The van der Waals surface area contributed by atoms with Crippen molar-refractivity contribution in [3.05, 3.63) is 0 Å². The molecule has 2 saturated heterocycles. The zero-order valence-corrected chi connectivity index (χ0v) is 13.4. The van der Waals surface area contributed by atoms with Gasteiger partial charge in [0.15, 0.2) is 0 Å². The van der Waals surface area contributed by atoms with Gasteiger partial charge in [-0.15, -0.1) is 0 Å². The minimum atomic E-state index is 0.760. The Morgan fingerprint density at radius 3 is 2.60 bits per heavy atom. The molecule has 0 saturated carbocycles. The topological polar surface area (TPSA) is 27.7 Å². The van der Waals surface area contributed by atoms with Crippen molar-refractivity contribution in [1.29, 1.82) is 0 Å². The predicted molar refractivity (Wildman–Crippen MR) is 84.1 cm³/mol. The molecule has 0 aromatic carbocycles. The first kappa shape index (κ1) is 16.2. The van der Waals surface area contributed by atoms with Crippen molar-refractivity contribution in [3.63, 3.8) is 0 Å². The molecular weight excluding hydrogens is 250 g/mol. The zero-order valence-electron chi connectivity index (χ0n) is 13.4. The van der Waals surface area contributed by atoms with Crippen LogP contribution in [-0.4, -0.2) is 75.4 Å². The quantitative estimate of drug-likeness (QED) is 0.762. The van der Waals surface area contributed by atoms with E-state index in [2.05, 4.69) is 29.0 Å². The highest BCUT2D eigenvalue weighted by Crippen LogP contribution is 2.15. The van der Waals surface area contributed by atoms with E-state index in [9.17, 15) is 0 Å². The molecule has 2 fully saturated rings. The fourth-order valence-corrected chi connectivity index (χ4v) is 3.20. The largest absolute Gasteiger partial charge is 0.379 e. The van der Waals surface area contributed by atoms with Crippen LogP contribution in [0.1, 0.15) is 26.7 Å². The van der Waals surface area contributed by atoms with Crippen LogP contribution in [0, 0.1) is 11.8 Å². The Morgan fingerprint density at radius 1 is 1.10 bits per heavy atom. The summed E-state index contributed by atoms with van der Waals surface area (Å²) >= 11 is 0. The minimum absolute atomic E-state index is 0.760. The van der Waals surface area contributed by atoms with Crippen molar-refractivity contribution >= 4 is 0 Å². The second kappa shape index (κ2) is 8.98. The molecule has 2 aliphatic heterocycles. The fraction of sp³-hybridized carbons (Fsp3) is 1.00. The van der Waals surface area contributed by atoms with Gasteiger partial charge in [0.25, 0.3) is 0 Å². The third kappa shape index (κ3) is 6.08. The zero-order chi connectivity index (χ0) is 14.2. The molecule has 2 aliphatic rings. The van der Waals surface area contributed by atoms with Crippen LogP contribution in [0.3, 0.4) is 0 Å². The van der Waals surface area contributed by atoms with E-state index in [1.54, 1.807) is 0 Å². The standard InChI is InChI=1S/C16H33N3O/c1-15(2)12-17-13-16-4-3-5-19(14-16)7-6-18-8-10-20-11-9-18/h15-17H,3-14H2,1-2H3. The van der Waals surface area contributed by atoms with Gasteiger partial charge in [0.1, 0.15) is 0 Å². The monoisotopic (exact) mass is 283 g/mol. The van der Waals surface area contributed by atoms with Gasteiger partial charge >= 0.3 is 0 Å². The first-order chi connectivity index (χ1) is 9.74. The summed E-state index contributed by atoms with van der Waals surface area (Å²) in [5.41, 5.74) is 0. The van der Waals surface area contributed by atoms with E-state index in [0.717, 1.165) is 44.7 Å². The van der Waals surface area contributed by atoms with E-state index in [-0.39, 0.29) is 0 Å². The number of morpholine rings is 1. The summed E-state index contributed by atoms with van der Waals surface area (Å²) in [6.07, 6.45) is 2.77. The lowest BCUT2D eigenvalue weighted by Crippen LogP contribution is -2.45. The van der Waals surface area contributed by atoms with Gasteiger partial charge in [0.2, 0.25) is 0 Å². The first-order valence-corrected chi connectivity index (χ1v) is 8.47. The molecule has 0 spiro atoms. The third-order valence-electron chi connectivity index (χ3n) is 4.42. The maximum atomic E-state index is 5.41. The van der Waals surface area contributed by atoms with E-state index < -0.39 is 0 Å². The number of nitrogens with zero attached hydrogens (tertiary/aromatic N) is 2. The van der Waals surface area contributed by atoms with Crippen LogP contribution in [0.25, 0.3) is 0 Å². The summed E-state index contributed by atoms with van der Waals surface area (Å²) in [5.74, 6) is 1.61. The van der Waals surface area contributed by atoms with E-state index in [1.807, 2.05) is 0 Å². The summed E-state index contributed by atoms with van der Waals surface area (Å²) in [7, 11) is 0. The molecule has 1 atom stereocenters. The Bertz CT molecular complexity index is 254. The maximum absolute atomic E-state index is 5.41. The van der Waals surface area contributed by atoms with Gasteiger partial charge in [-0.1, -0.05) is 13.8 Å². The molecule has 0 amide bonds. The molecule has 20 heavy (non-hydrogen) atoms. The Labute approximate surface area is 124 Å². The van der Waals surface area contributed by atoms with Crippen molar-refractivity contribution in [2.45, 2.75) is 26.7 Å². The lowest BCUT2D eigenvalue weighted by atomic mass is 9.98. The Kier molecular flexibility index (Phi) is 7.28. The van der Waals surface area contributed by atoms with Gasteiger partial charge in [-0.2, -0.15) is 0 Å². The molecule has 1 unspecified atom stereocenters. The number of likely N-dealkylation sites (tertiary alicyclic amines) is 1. The maximum Gasteiger partial charge on any atom is 0.0594 e. The molecule has 0 aromatic rings. The van der Waals surface area contributed by atoms with Crippen LogP contribution in [0.2, 0.25) is 0 Å². The van der Waals surface area contributed by atoms with Crippen LogP contribution < -0.4 is 5.32 Å². The second-order valence-electron chi connectivity index (χ2n) is 6.81.